The Bertz CT molecular complexity index is 780. The Labute approximate surface area is 139 Å². The molecular formula is C17H23N3O4. The van der Waals surface area contributed by atoms with E-state index >= 15 is 0 Å². The quantitative estimate of drug-likeness (QED) is 0.841. The Balaban J connectivity index is 1.60. The summed E-state index contributed by atoms with van der Waals surface area (Å²) in [7, 11) is 1.61. The molecule has 7 heteroatoms. The predicted molar refractivity (Wildman–Crippen MR) is 90.1 cm³/mol. The highest BCUT2D eigenvalue weighted by atomic mass is 16.4. The molecule has 2 heterocycles. The summed E-state index contributed by atoms with van der Waals surface area (Å²) >= 11 is 0. The SMILES string of the molecule is Cn1c(=O)oc2ccc(C(=O)NCCN3CCCCC3CO)cc21. The summed E-state index contributed by atoms with van der Waals surface area (Å²) in [4.78, 5) is 26.0. The van der Waals surface area contributed by atoms with E-state index in [-0.39, 0.29) is 18.6 Å². The van der Waals surface area contributed by atoms with Gasteiger partial charge in [-0.2, -0.15) is 0 Å². The van der Waals surface area contributed by atoms with Crippen molar-refractivity contribution < 1.29 is 14.3 Å². The number of benzene rings is 1. The summed E-state index contributed by atoms with van der Waals surface area (Å²) in [6, 6.07) is 5.15. The largest absolute Gasteiger partial charge is 0.419 e. The normalized spacial score (nSPS) is 18.8. The lowest BCUT2D eigenvalue weighted by Gasteiger charge is -2.34. The smallest absolute Gasteiger partial charge is 0.408 e. The van der Waals surface area contributed by atoms with Crippen molar-refractivity contribution in [2.45, 2.75) is 25.3 Å². The van der Waals surface area contributed by atoms with Crippen molar-refractivity contribution in [3.05, 3.63) is 34.3 Å². The Morgan fingerprint density at radius 2 is 2.25 bits per heavy atom. The van der Waals surface area contributed by atoms with Gasteiger partial charge in [0.15, 0.2) is 5.58 Å². The summed E-state index contributed by atoms with van der Waals surface area (Å²) in [6.45, 7) is 2.38. The molecule has 1 amide bonds. The molecule has 130 valence electrons. The van der Waals surface area contributed by atoms with Crippen molar-refractivity contribution in [3.8, 4) is 0 Å². The summed E-state index contributed by atoms with van der Waals surface area (Å²) in [5.74, 6) is -0.620. The van der Waals surface area contributed by atoms with E-state index in [9.17, 15) is 14.7 Å². The lowest BCUT2D eigenvalue weighted by atomic mass is 10.0. The third-order valence-corrected chi connectivity index (χ3v) is 4.70. The zero-order chi connectivity index (χ0) is 17.1. The van der Waals surface area contributed by atoms with Gasteiger partial charge in [0.1, 0.15) is 0 Å². The standard InChI is InChI=1S/C17H23N3O4/c1-19-14-10-12(5-6-15(14)24-17(19)23)16(22)18-7-9-20-8-3-2-4-13(20)11-21/h5-6,10,13,21H,2-4,7-9,11H2,1H3,(H,18,22). The minimum absolute atomic E-state index is 0.166. The minimum atomic E-state index is -0.442. The first kappa shape index (κ1) is 16.7. The van der Waals surface area contributed by atoms with E-state index < -0.39 is 5.76 Å². The number of amides is 1. The fourth-order valence-electron chi connectivity index (χ4n) is 3.24. The molecule has 0 spiro atoms. The molecule has 2 N–H and O–H groups in total. The number of aromatic nitrogens is 1. The van der Waals surface area contributed by atoms with E-state index in [0.717, 1.165) is 32.4 Å². The Hall–Kier alpha value is -2.12. The third-order valence-electron chi connectivity index (χ3n) is 4.70. The van der Waals surface area contributed by atoms with E-state index in [1.54, 1.807) is 25.2 Å². The number of hydrogen-bond donors (Lipinski definition) is 2. The fraction of sp³-hybridized carbons (Fsp3) is 0.529. The van der Waals surface area contributed by atoms with Crippen molar-refractivity contribution in [2.75, 3.05) is 26.2 Å². The number of rotatable bonds is 5. The van der Waals surface area contributed by atoms with E-state index in [1.807, 2.05) is 0 Å². The number of oxazole rings is 1. The number of aryl methyl sites for hydroxylation is 1. The van der Waals surface area contributed by atoms with Crippen molar-refractivity contribution in [3.63, 3.8) is 0 Å². The molecule has 2 aromatic rings. The molecule has 1 saturated heterocycles. The van der Waals surface area contributed by atoms with Crippen molar-refractivity contribution in [1.29, 1.82) is 0 Å². The zero-order valence-electron chi connectivity index (χ0n) is 13.8. The lowest BCUT2D eigenvalue weighted by molar-refractivity contribution is 0.0849. The molecule has 0 aliphatic carbocycles. The number of piperidine rings is 1. The second kappa shape index (κ2) is 7.19. The third kappa shape index (κ3) is 3.37. The number of likely N-dealkylation sites (tertiary alicyclic amines) is 1. The summed E-state index contributed by atoms with van der Waals surface area (Å²) in [5.41, 5.74) is 1.57. The molecule has 0 radical (unpaired) electrons. The Kier molecular flexibility index (Phi) is 5.01. The molecule has 1 atom stereocenters. The maximum atomic E-state index is 12.3. The van der Waals surface area contributed by atoms with Crippen molar-refractivity contribution in [2.24, 2.45) is 7.05 Å². The lowest BCUT2D eigenvalue weighted by Crippen LogP contribution is -2.45. The highest BCUT2D eigenvalue weighted by Crippen LogP contribution is 2.16. The zero-order valence-corrected chi connectivity index (χ0v) is 13.8. The number of aliphatic hydroxyl groups excluding tert-OH is 1. The van der Waals surface area contributed by atoms with E-state index in [4.69, 9.17) is 4.42 Å². The van der Waals surface area contributed by atoms with Crippen LogP contribution in [0.25, 0.3) is 11.1 Å². The highest BCUT2D eigenvalue weighted by Gasteiger charge is 2.21. The predicted octanol–water partition coefficient (Wildman–Crippen LogP) is 0.708. The molecule has 1 fully saturated rings. The molecular weight excluding hydrogens is 310 g/mol. The number of nitrogens with zero attached hydrogens (tertiary/aromatic N) is 2. The van der Waals surface area contributed by atoms with Crippen LogP contribution in [-0.2, 0) is 7.05 Å². The first-order valence-corrected chi connectivity index (χ1v) is 8.33. The molecule has 1 aliphatic heterocycles. The van der Waals surface area contributed by atoms with Crippen molar-refractivity contribution >= 4 is 17.0 Å². The minimum Gasteiger partial charge on any atom is -0.408 e. The van der Waals surface area contributed by atoms with Gasteiger partial charge in [-0.15, -0.1) is 0 Å². The molecule has 1 aliphatic rings. The van der Waals surface area contributed by atoms with Crippen LogP contribution in [-0.4, -0.2) is 52.8 Å². The molecule has 7 nitrogen and oxygen atoms in total. The number of carbonyl (C=O) groups excluding carboxylic acids is 1. The van der Waals surface area contributed by atoms with Gasteiger partial charge in [0, 0.05) is 31.7 Å². The van der Waals surface area contributed by atoms with Gasteiger partial charge in [-0.25, -0.2) is 4.79 Å². The molecule has 3 rings (SSSR count). The first-order valence-electron chi connectivity index (χ1n) is 8.33. The maximum absolute atomic E-state index is 12.3. The maximum Gasteiger partial charge on any atom is 0.419 e. The molecule has 0 bridgehead atoms. The van der Waals surface area contributed by atoms with Gasteiger partial charge >= 0.3 is 5.76 Å². The summed E-state index contributed by atoms with van der Waals surface area (Å²) in [5, 5.41) is 12.3. The van der Waals surface area contributed by atoms with Crippen LogP contribution >= 0.6 is 0 Å². The van der Waals surface area contributed by atoms with Crippen LogP contribution < -0.4 is 11.1 Å². The van der Waals surface area contributed by atoms with Gasteiger partial charge in [0.25, 0.3) is 5.91 Å². The van der Waals surface area contributed by atoms with Gasteiger partial charge in [0.05, 0.1) is 12.1 Å². The van der Waals surface area contributed by atoms with E-state index in [2.05, 4.69) is 10.2 Å². The van der Waals surface area contributed by atoms with E-state index in [1.165, 1.54) is 4.57 Å². The van der Waals surface area contributed by atoms with Gasteiger partial charge in [-0.1, -0.05) is 6.42 Å². The number of aliphatic hydroxyl groups is 1. The second-order valence-electron chi connectivity index (χ2n) is 6.23. The van der Waals surface area contributed by atoms with Crippen LogP contribution in [0, 0.1) is 0 Å². The van der Waals surface area contributed by atoms with Gasteiger partial charge in [-0.3, -0.25) is 14.3 Å². The van der Waals surface area contributed by atoms with Crippen LogP contribution in [0.1, 0.15) is 29.6 Å². The number of fused-ring (bicyclic) bond motifs is 1. The average Bonchev–Trinajstić information content (AvgIpc) is 2.89. The summed E-state index contributed by atoms with van der Waals surface area (Å²) < 4.78 is 6.44. The van der Waals surface area contributed by atoms with Crippen LogP contribution in [0.3, 0.4) is 0 Å². The molecule has 1 aromatic heterocycles. The number of carbonyl (C=O) groups is 1. The topological polar surface area (TPSA) is 87.7 Å². The first-order chi connectivity index (χ1) is 11.6. The van der Waals surface area contributed by atoms with Crippen LogP contribution in [0.15, 0.2) is 27.4 Å². The van der Waals surface area contributed by atoms with Gasteiger partial charge < -0.3 is 14.8 Å². The van der Waals surface area contributed by atoms with Crippen LogP contribution in [0.4, 0.5) is 0 Å². The fourth-order valence-corrected chi connectivity index (χ4v) is 3.24. The second-order valence-corrected chi connectivity index (χ2v) is 6.23. The molecule has 1 aromatic carbocycles. The molecule has 24 heavy (non-hydrogen) atoms. The van der Waals surface area contributed by atoms with Crippen LogP contribution in [0.5, 0.6) is 0 Å². The molecule has 0 saturated carbocycles. The highest BCUT2D eigenvalue weighted by molar-refractivity contribution is 5.97. The van der Waals surface area contributed by atoms with Gasteiger partial charge in [0.2, 0.25) is 0 Å². The number of hydrogen-bond acceptors (Lipinski definition) is 5. The van der Waals surface area contributed by atoms with E-state index in [0.29, 0.717) is 23.2 Å². The Morgan fingerprint density at radius 1 is 1.42 bits per heavy atom. The number of nitrogens with one attached hydrogen (secondary N) is 1. The Morgan fingerprint density at radius 3 is 3.04 bits per heavy atom. The van der Waals surface area contributed by atoms with Gasteiger partial charge in [-0.05, 0) is 37.6 Å². The monoisotopic (exact) mass is 333 g/mol. The molecule has 1 unspecified atom stereocenters. The average molecular weight is 333 g/mol. The van der Waals surface area contributed by atoms with Crippen molar-refractivity contribution in [1.82, 2.24) is 14.8 Å². The summed E-state index contributed by atoms with van der Waals surface area (Å²) in [6.07, 6.45) is 3.29. The van der Waals surface area contributed by atoms with Crippen LogP contribution in [0.2, 0.25) is 0 Å².